The maximum absolute atomic E-state index is 12.4. The van der Waals surface area contributed by atoms with Crippen LogP contribution in [-0.2, 0) is 10.0 Å². The Morgan fingerprint density at radius 2 is 2.10 bits per heavy atom. The van der Waals surface area contributed by atoms with Gasteiger partial charge in [0.05, 0.1) is 22.6 Å². The van der Waals surface area contributed by atoms with Crippen molar-refractivity contribution in [3.05, 3.63) is 40.3 Å². The summed E-state index contributed by atoms with van der Waals surface area (Å²) in [5.41, 5.74) is 8.85. The smallest absolute Gasteiger partial charge is 0.207 e. The Morgan fingerprint density at radius 3 is 2.70 bits per heavy atom. The Hall–Kier alpha value is -2.07. The van der Waals surface area contributed by atoms with Crippen molar-refractivity contribution in [2.24, 2.45) is 5.11 Å². The Labute approximate surface area is 117 Å². The van der Waals surface area contributed by atoms with Gasteiger partial charge in [-0.3, -0.25) is 0 Å². The van der Waals surface area contributed by atoms with Gasteiger partial charge in [0.15, 0.2) is 0 Å². The predicted octanol–water partition coefficient (Wildman–Crippen LogP) is 2.02. The van der Waals surface area contributed by atoms with Crippen LogP contribution < -0.4 is 0 Å². The summed E-state index contributed by atoms with van der Waals surface area (Å²) in [4.78, 5) is 2.89. The van der Waals surface area contributed by atoms with E-state index in [0.717, 1.165) is 0 Å². The fourth-order valence-electron chi connectivity index (χ4n) is 2.16. The summed E-state index contributed by atoms with van der Waals surface area (Å²) < 4.78 is 26.2. The molecule has 0 radical (unpaired) electrons. The van der Waals surface area contributed by atoms with Gasteiger partial charge in [0.2, 0.25) is 10.0 Å². The first-order valence-electron chi connectivity index (χ1n) is 6.12. The Morgan fingerprint density at radius 1 is 1.40 bits per heavy atom. The van der Waals surface area contributed by atoms with E-state index < -0.39 is 10.0 Å². The molecule has 1 heterocycles. The molecule has 1 unspecified atom stereocenters. The number of piperidine rings is 1. The molecule has 104 valence electrons. The highest BCUT2D eigenvalue weighted by Gasteiger charge is 2.29. The van der Waals surface area contributed by atoms with Crippen molar-refractivity contribution in [3.8, 4) is 6.07 Å². The highest BCUT2D eigenvalue weighted by atomic mass is 32.2. The van der Waals surface area contributed by atoms with Crippen molar-refractivity contribution < 1.29 is 8.42 Å². The third-order valence-corrected chi connectivity index (χ3v) is 5.07. The van der Waals surface area contributed by atoms with Crippen LogP contribution in [0.5, 0.6) is 0 Å². The molecule has 1 fully saturated rings. The second-order valence-corrected chi connectivity index (χ2v) is 6.44. The third-order valence-electron chi connectivity index (χ3n) is 3.20. The lowest BCUT2D eigenvalue weighted by Gasteiger charge is -2.29. The van der Waals surface area contributed by atoms with E-state index in [9.17, 15) is 8.42 Å². The molecular formula is C12H13N5O2S. The summed E-state index contributed by atoms with van der Waals surface area (Å²) in [6.07, 6.45) is 1.36. The maximum Gasteiger partial charge on any atom is 0.243 e. The van der Waals surface area contributed by atoms with E-state index in [0.29, 0.717) is 24.9 Å². The second kappa shape index (κ2) is 5.92. The number of nitriles is 1. The number of rotatable bonds is 3. The van der Waals surface area contributed by atoms with Crippen molar-refractivity contribution >= 4 is 10.0 Å². The standard InChI is InChI=1S/C12H13N5O2S/c13-8-10-3-5-12(6-4-10)20(18,19)17-7-1-2-11(9-17)15-16-14/h3-6,11H,1-2,7,9H2. The molecular weight excluding hydrogens is 278 g/mol. The first-order valence-corrected chi connectivity index (χ1v) is 7.56. The van der Waals surface area contributed by atoms with Crippen LogP contribution in [0.1, 0.15) is 18.4 Å². The number of sulfonamides is 1. The summed E-state index contributed by atoms with van der Waals surface area (Å²) >= 11 is 0. The number of azide groups is 1. The van der Waals surface area contributed by atoms with Gasteiger partial charge in [-0.2, -0.15) is 9.57 Å². The number of benzene rings is 1. The molecule has 1 atom stereocenters. The number of hydrogen-bond donors (Lipinski definition) is 0. The zero-order chi connectivity index (χ0) is 14.6. The number of hydrogen-bond acceptors (Lipinski definition) is 4. The Kier molecular flexibility index (Phi) is 4.25. The van der Waals surface area contributed by atoms with Gasteiger partial charge in [-0.15, -0.1) is 0 Å². The van der Waals surface area contributed by atoms with Gasteiger partial charge >= 0.3 is 0 Å². The minimum Gasteiger partial charge on any atom is -0.207 e. The molecule has 0 aromatic heterocycles. The molecule has 1 aliphatic heterocycles. The van der Waals surface area contributed by atoms with Crippen LogP contribution in [-0.4, -0.2) is 31.9 Å². The highest BCUT2D eigenvalue weighted by Crippen LogP contribution is 2.22. The normalized spacial score (nSPS) is 19.9. The minimum atomic E-state index is -3.60. The van der Waals surface area contributed by atoms with E-state index in [1.54, 1.807) is 0 Å². The largest absolute Gasteiger partial charge is 0.243 e. The zero-order valence-electron chi connectivity index (χ0n) is 10.7. The molecule has 2 rings (SSSR count). The molecule has 1 aliphatic rings. The summed E-state index contributed by atoms with van der Waals surface area (Å²) in [5, 5.41) is 12.3. The van der Waals surface area contributed by atoms with Gasteiger partial charge in [0.1, 0.15) is 0 Å². The molecule has 1 aromatic rings. The topological polar surface area (TPSA) is 110 Å². The SMILES string of the molecule is N#Cc1ccc(S(=O)(=O)N2CCCC(N=[N+]=[N-])C2)cc1. The average Bonchev–Trinajstić information content (AvgIpc) is 2.48. The summed E-state index contributed by atoms with van der Waals surface area (Å²) in [6.45, 7) is 0.617. The van der Waals surface area contributed by atoms with E-state index in [1.807, 2.05) is 6.07 Å². The fraction of sp³-hybridized carbons (Fsp3) is 0.417. The minimum absolute atomic E-state index is 0.151. The lowest BCUT2D eigenvalue weighted by atomic mass is 10.1. The molecule has 0 amide bonds. The Bertz CT molecular complexity index is 671. The second-order valence-electron chi connectivity index (χ2n) is 4.50. The molecule has 0 N–H and O–H groups in total. The van der Waals surface area contributed by atoms with Gasteiger partial charge in [-0.1, -0.05) is 5.11 Å². The molecule has 0 bridgehead atoms. The third kappa shape index (κ3) is 2.91. The molecule has 7 nitrogen and oxygen atoms in total. The van der Waals surface area contributed by atoms with Crippen molar-refractivity contribution in [3.63, 3.8) is 0 Å². The molecule has 1 saturated heterocycles. The first kappa shape index (κ1) is 14.3. The van der Waals surface area contributed by atoms with Crippen molar-refractivity contribution in [2.45, 2.75) is 23.8 Å². The van der Waals surface area contributed by atoms with Gasteiger partial charge in [-0.05, 0) is 42.6 Å². The van der Waals surface area contributed by atoms with Crippen molar-refractivity contribution in [1.29, 1.82) is 5.26 Å². The van der Waals surface area contributed by atoms with Crippen LogP contribution in [0.15, 0.2) is 34.3 Å². The van der Waals surface area contributed by atoms with Crippen LogP contribution in [0.4, 0.5) is 0 Å². The molecule has 1 aromatic carbocycles. The van der Waals surface area contributed by atoms with Crippen LogP contribution in [0.25, 0.3) is 10.4 Å². The van der Waals surface area contributed by atoms with Gasteiger partial charge in [0.25, 0.3) is 0 Å². The van der Waals surface area contributed by atoms with Crippen LogP contribution in [0.2, 0.25) is 0 Å². The van der Waals surface area contributed by atoms with E-state index in [2.05, 4.69) is 10.0 Å². The fourth-order valence-corrected chi connectivity index (χ4v) is 3.67. The summed E-state index contributed by atoms with van der Waals surface area (Å²) in [5.74, 6) is 0. The van der Waals surface area contributed by atoms with Crippen molar-refractivity contribution in [2.75, 3.05) is 13.1 Å². The summed E-state index contributed by atoms with van der Waals surface area (Å²) in [7, 11) is -3.60. The lowest BCUT2D eigenvalue weighted by Crippen LogP contribution is -2.41. The average molecular weight is 291 g/mol. The molecule has 20 heavy (non-hydrogen) atoms. The quantitative estimate of drug-likeness (QED) is 0.482. The van der Waals surface area contributed by atoms with E-state index in [4.69, 9.17) is 10.8 Å². The van der Waals surface area contributed by atoms with E-state index in [1.165, 1.54) is 28.6 Å². The zero-order valence-corrected chi connectivity index (χ0v) is 11.5. The predicted molar refractivity (Wildman–Crippen MR) is 72.1 cm³/mol. The van der Waals surface area contributed by atoms with Crippen LogP contribution in [0, 0.1) is 11.3 Å². The van der Waals surface area contributed by atoms with Gasteiger partial charge < -0.3 is 0 Å². The molecule has 0 aliphatic carbocycles. The van der Waals surface area contributed by atoms with Crippen LogP contribution in [0.3, 0.4) is 0 Å². The first-order chi connectivity index (χ1) is 9.57. The molecule has 8 heteroatoms. The highest BCUT2D eigenvalue weighted by molar-refractivity contribution is 7.89. The van der Waals surface area contributed by atoms with Crippen LogP contribution >= 0.6 is 0 Å². The maximum atomic E-state index is 12.4. The van der Waals surface area contributed by atoms with Gasteiger partial charge in [-0.25, -0.2) is 8.42 Å². The monoisotopic (exact) mass is 291 g/mol. The Balaban J connectivity index is 2.25. The molecule has 0 saturated carbocycles. The number of nitrogens with zero attached hydrogens (tertiary/aromatic N) is 5. The lowest BCUT2D eigenvalue weighted by molar-refractivity contribution is 0.316. The van der Waals surface area contributed by atoms with Gasteiger partial charge in [0, 0.05) is 18.0 Å². The van der Waals surface area contributed by atoms with E-state index in [-0.39, 0.29) is 17.5 Å². The summed E-state index contributed by atoms with van der Waals surface area (Å²) in [6, 6.07) is 7.42. The molecule has 0 spiro atoms. The van der Waals surface area contributed by atoms with Crippen molar-refractivity contribution in [1.82, 2.24) is 4.31 Å². The van der Waals surface area contributed by atoms with E-state index >= 15 is 0 Å².